The van der Waals surface area contributed by atoms with E-state index < -0.39 is 0 Å². The summed E-state index contributed by atoms with van der Waals surface area (Å²) in [6, 6.07) is 0. The zero-order valence-corrected chi connectivity index (χ0v) is 7.86. The summed E-state index contributed by atoms with van der Waals surface area (Å²) in [5.41, 5.74) is 0.740. The van der Waals surface area contributed by atoms with Crippen molar-refractivity contribution in [1.82, 2.24) is 10.2 Å². The second-order valence-electron chi connectivity index (χ2n) is 3.46. The fourth-order valence-electron chi connectivity index (χ4n) is 1.60. The highest BCUT2D eigenvalue weighted by molar-refractivity contribution is 5.92. The number of amides is 1. The molecule has 4 nitrogen and oxygen atoms in total. The first-order valence-electron chi connectivity index (χ1n) is 4.81. The van der Waals surface area contributed by atoms with Gasteiger partial charge in [0.15, 0.2) is 0 Å². The maximum atomic E-state index is 11.7. The van der Waals surface area contributed by atoms with Crippen LogP contribution in [0.2, 0.25) is 0 Å². The molecule has 2 N–H and O–H groups in total. The molecule has 1 atom stereocenters. The lowest BCUT2D eigenvalue weighted by Crippen LogP contribution is -2.23. The number of hydrogen-bond acceptors (Lipinski definition) is 2. The van der Waals surface area contributed by atoms with Gasteiger partial charge in [-0.1, -0.05) is 12.2 Å². The van der Waals surface area contributed by atoms with Gasteiger partial charge < -0.3 is 5.32 Å². The van der Waals surface area contributed by atoms with Crippen molar-refractivity contribution in [2.75, 3.05) is 5.32 Å². The van der Waals surface area contributed by atoms with Crippen LogP contribution < -0.4 is 5.32 Å². The highest BCUT2D eigenvalue weighted by atomic mass is 16.1. The van der Waals surface area contributed by atoms with Gasteiger partial charge >= 0.3 is 0 Å². The van der Waals surface area contributed by atoms with Crippen LogP contribution in [-0.2, 0) is 4.79 Å². The molecule has 0 saturated heterocycles. The second-order valence-corrected chi connectivity index (χ2v) is 3.46. The molecule has 0 saturated carbocycles. The molecule has 0 bridgehead atoms. The van der Waals surface area contributed by atoms with Crippen molar-refractivity contribution in [2.24, 2.45) is 5.92 Å². The van der Waals surface area contributed by atoms with Gasteiger partial charge in [0, 0.05) is 12.1 Å². The van der Waals surface area contributed by atoms with E-state index in [0.717, 1.165) is 24.9 Å². The first kappa shape index (κ1) is 8.99. The molecule has 74 valence electrons. The van der Waals surface area contributed by atoms with E-state index in [0.29, 0.717) is 0 Å². The van der Waals surface area contributed by atoms with Gasteiger partial charge in [0.25, 0.3) is 0 Å². The Morgan fingerprint density at radius 1 is 1.57 bits per heavy atom. The average molecular weight is 191 g/mol. The van der Waals surface area contributed by atoms with Crippen molar-refractivity contribution < 1.29 is 4.79 Å². The molecule has 1 unspecified atom stereocenters. The van der Waals surface area contributed by atoms with Gasteiger partial charge in [0.1, 0.15) is 0 Å². The molecule has 0 spiro atoms. The molecule has 1 aliphatic rings. The lowest BCUT2D eigenvalue weighted by molar-refractivity contribution is -0.120. The van der Waals surface area contributed by atoms with Crippen LogP contribution >= 0.6 is 0 Å². The van der Waals surface area contributed by atoms with Crippen molar-refractivity contribution in [3.8, 4) is 0 Å². The van der Waals surface area contributed by atoms with E-state index in [1.54, 1.807) is 12.4 Å². The van der Waals surface area contributed by atoms with Crippen molar-refractivity contribution in [2.45, 2.75) is 19.3 Å². The largest absolute Gasteiger partial charge is 0.323 e. The predicted octanol–water partition coefficient (Wildman–Crippen LogP) is 1.70. The Morgan fingerprint density at radius 3 is 3.14 bits per heavy atom. The molecule has 14 heavy (non-hydrogen) atoms. The molecule has 0 fully saturated rings. The third kappa shape index (κ3) is 2.02. The van der Waals surface area contributed by atoms with Gasteiger partial charge in [-0.2, -0.15) is 5.10 Å². The summed E-state index contributed by atoms with van der Waals surface area (Å²) in [6.07, 6.45) is 10.3. The molecule has 0 aliphatic heterocycles. The van der Waals surface area contributed by atoms with E-state index in [4.69, 9.17) is 0 Å². The number of hydrogen-bond donors (Lipinski definition) is 2. The Labute approximate surface area is 82.4 Å². The van der Waals surface area contributed by atoms with Crippen molar-refractivity contribution in [3.63, 3.8) is 0 Å². The van der Waals surface area contributed by atoms with Gasteiger partial charge in [0.2, 0.25) is 5.91 Å². The Hall–Kier alpha value is -1.58. The first-order chi connectivity index (χ1) is 6.86. The lowest BCUT2D eigenvalue weighted by Gasteiger charge is -2.16. The minimum atomic E-state index is 0.0933. The van der Waals surface area contributed by atoms with Crippen LogP contribution in [0.25, 0.3) is 0 Å². The molecule has 2 rings (SSSR count). The summed E-state index contributed by atoms with van der Waals surface area (Å²) < 4.78 is 0. The maximum absolute atomic E-state index is 11.7. The van der Waals surface area contributed by atoms with Crippen LogP contribution in [0.5, 0.6) is 0 Å². The fourth-order valence-corrected chi connectivity index (χ4v) is 1.60. The van der Waals surface area contributed by atoms with Crippen LogP contribution in [0.4, 0.5) is 5.69 Å². The normalized spacial score (nSPS) is 20.7. The van der Waals surface area contributed by atoms with Crippen LogP contribution in [-0.4, -0.2) is 16.1 Å². The van der Waals surface area contributed by atoms with E-state index >= 15 is 0 Å². The quantitative estimate of drug-likeness (QED) is 0.699. The highest BCUT2D eigenvalue weighted by Crippen LogP contribution is 2.19. The van der Waals surface area contributed by atoms with Gasteiger partial charge in [-0.05, 0) is 19.3 Å². The van der Waals surface area contributed by atoms with Gasteiger partial charge in [-0.15, -0.1) is 0 Å². The van der Waals surface area contributed by atoms with E-state index in [1.807, 2.05) is 0 Å². The zero-order valence-electron chi connectivity index (χ0n) is 7.86. The number of allylic oxidation sites excluding steroid dienone is 2. The van der Waals surface area contributed by atoms with Crippen molar-refractivity contribution >= 4 is 11.6 Å². The number of aromatic nitrogens is 2. The molecule has 1 aliphatic carbocycles. The summed E-state index contributed by atoms with van der Waals surface area (Å²) in [5, 5.41) is 9.25. The molecule has 0 radical (unpaired) electrons. The predicted molar refractivity (Wildman–Crippen MR) is 53.7 cm³/mol. The maximum Gasteiger partial charge on any atom is 0.227 e. The van der Waals surface area contributed by atoms with Crippen molar-refractivity contribution in [3.05, 3.63) is 24.5 Å². The number of aromatic amines is 1. The monoisotopic (exact) mass is 191 g/mol. The summed E-state index contributed by atoms with van der Waals surface area (Å²) in [4.78, 5) is 11.7. The third-order valence-electron chi connectivity index (χ3n) is 2.41. The smallest absolute Gasteiger partial charge is 0.227 e. The van der Waals surface area contributed by atoms with Crippen LogP contribution in [0.3, 0.4) is 0 Å². The summed E-state index contributed by atoms with van der Waals surface area (Å²) in [7, 11) is 0. The number of nitrogens with zero attached hydrogens (tertiary/aromatic N) is 1. The Kier molecular flexibility index (Phi) is 2.62. The van der Waals surface area contributed by atoms with E-state index in [2.05, 4.69) is 27.7 Å². The van der Waals surface area contributed by atoms with E-state index in [9.17, 15) is 4.79 Å². The third-order valence-corrected chi connectivity index (χ3v) is 2.41. The summed E-state index contributed by atoms with van der Waals surface area (Å²) >= 11 is 0. The Bertz CT molecular complexity index is 329. The minimum absolute atomic E-state index is 0.0933. The van der Waals surface area contributed by atoms with Gasteiger partial charge in [-0.3, -0.25) is 9.89 Å². The zero-order chi connectivity index (χ0) is 9.80. The average Bonchev–Trinajstić information content (AvgIpc) is 2.72. The number of anilines is 1. The van der Waals surface area contributed by atoms with Crippen LogP contribution in [0, 0.1) is 5.92 Å². The highest BCUT2D eigenvalue weighted by Gasteiger charge is 2.18. The summed E-state index contributed by atoms with van der Waals surface area (Å²) in [6.45, 7) is 0. The molecule has 1 aromatic heterocycles. The van der Waals surface area contributed by atoms with Crippen LogP contribution in [0.1, 0.15) is 19.3 Å². The van der Waals surface area contributed by atoms with E-state index in [1.165, 1.54) is 0 Å². The Morgan fingerprint density at radius 2 is 2.50 bits per heavy atom. The molecule has 1 aromatic rings. The first-order valence-corrected chi connectivity index (χ1v) is 4.81. The lowest BCUT2D eigenvalue weighted by atomic mass is 9.94. The molecule has 1 heterocycles. The molecular weight excluding hydrogens is 178 g/mol. The van der Waals surface area contributed by atoms with Crippen molar-refractivity contribution in [1.29, 1.82) is 0 Å². The molecular formula is C10H13N3O. The minimum Gasteiger partial charge on any atom is -0.323 e. The second kappa shape index (κ2) is 4.09. The fraction of sp³-hybridized carbons (Fsp3) is 0.400. The molecule has 0 aromatic carbocycles. The number of nitrogens with one attached hydrogen (secondary N) is 2. The van der Waals surface area contributed by atoms with Crippen LogP contribution in [0.15, 0.2) is 24.5 Å². The number of carbonyl (C=O) groups is 1. The number of H-pyrrole nitrogens is 1. The standard InChI is InChI=1S/C10H13N3O/c14-10(8-4-2-1-3-5-8)13-9-6-11-12-7-9/h1-2,6-8H,3-5H2,(H,11,12)(H,13,14). The topological polar surface area (TPSA) is 57.8 Å². The summed E-state index contributed by atoms with van der Waals surface area (Å²) in [5.74, 6) is 0.214. The number of carbonyl (C=O) groups excluding carboxylic acids is 1. The Balaban J connectivity index is 1.92. The SMILES string of the molecule is O=C(Nc1cn[nH]c1)C1CC=CCC1. The number of rotatable bonds is 2. The molecule has 1 amide bonds. The van der Waals surface area contributed by atoms with Gasteiger partial charge in [-0.25, -0.2) is 0 Å². The van der Waals surface area contributed by atoms with E-state index in [-0.39, 0.29) is 11.8 Å². The molecule has 4 heteroatoms. The van der Waals surface area contributed by atoms with Gasteiger partial charge in [0.05, 0.1) is 11.9 Å².